The van der Waals surface area contributed by atoms with Crippen LogP contribution in [-0.4, -0.2) is 25.8 Å². The van der Waals surface area contributed by atoms with E-state index in [0.717, 1.165) is 16.8 Å². The molecule has 0 spiro atoms. The maximum atomic E-state index is 11.8. The van der Waals surface area contributed by atoms with Gasteiger partial charge in [0.25, 0.3) is 5.69 Å². The molecule has 0 saturated carbocycles. The van der Waals surface area contributed by atoms with Crippen LogP contribution in [0.25, 0.3) is 16.9 Å². The molecule has 0 fully saturated rings. The van der Waals surface area contributed by atoms with Gasteiger partial charge in [0.15, 0.2) is 0 Å². The molecule has 26 heavy (non-hydrogen) atoms. The maximum absolute atomic E-state index is 11.8. The summed E-state index contributed by atoms with van der Waals surface area (Å²) in [6, 6.07) is 11.6. The molecule has 0 aliphatic rings. The molecule has 7 heteroatoms. The van der Waals surface area contributed by atoms with Crippen molar-refractivity contribution in [3.63, 3.8) is 0 Å². The van der Waals surface area contributed by atoms with Crippen LogP contribution in [0.4, 0.5) is 5.69 Å². The molecular formula is C19H17N3O4. The van der Waals surface area contributed by atoms with E-state index in [1.807, 2.05) is 32.0 Å². The Morgan fingerprint density at radius 3 is 2.46 bits per heavy atom. The molecule has 3 aromatic rings. The van der Waals surface area contributed by atoms with Gasteiger partial charge in [-0.05, 0) is 44.0 Å². The quantitative estimate of drug-likeness (QED) is 0.564. The van der Waals surface area contributed by atoms with E-state index < -0.39 is 10.9 Å². The van der Waals surface area contributed by atoms with Crippen molar-refractivity contribution in [2.24, 2.45) is 0 Å². The summed E-state index contributed by atoms with van der Waals surface area (Å²) < 4.78 is 1.56. The van der Waals surface area contributed by atoms with E-state index in [1.54, 1.807) is 17.7 Å². The predicted molar refractivity (Wildman–Crippen MR) is 96.8 cm³/mol. The summed E-state index contributed by atoms with van der Waals surface area (Å²) >= 11 is 0. The first-order valence-electron chi connectivity index (χ1n) is 7.95. The number of benzene rings is 2. The minimum absolute atomic E-state index is 0.0312. The van der Waals surface area contributed by atoms with Gasteiger partial charge in [0.05, 0.1) is 16.3 Å². The van der Waals surface area contributed by atoms with Gasteiger partial charge in [-0.25, -0.2) is 9.48 Å². The first-order valence-corrected chi connectivity index (χ1v) is 7.95. The second-order valence-electron chi connectivity index (χ2n) is 6.10. The topological polar surface area (TPSA) is 98.3 Å². The molecule has 0 saturated heterocycles. The molecule has 0 aliphatic heterocycles. The highest BCUT2D eigenvalue weighted by Gasteiger charge is 2.23. The highest BCUT2D eigenvalue weighted by molar-refractivity contribution is 5.96. The number of nitro benzene ring substituents is 1. The monoisotopic (exact) mass is 351 g/mol. The smallest absolute Gasteiger partial charge is 0.339 e. The normalized spacial score (nSPS) is 10.7. The second-order valence-corrected chi connectivity index (χ2v) is 6.10. The molecule has 1 aromatic heterocycles. The number of nitrogens with zero attached hydrogens (tertiary/aromatic N) is 3. The molecule has 1 heterocycles. The average Bonchev–Trinajstić information content (AvgIpc) is 2.95. The highest BCUT2D eigenvalue weighted by atomic mass is 16.6. The third-order valence-electron chi connectivity index (χ3n) is 4.40. The van der Waals surface area contributed by atoms with Crippen LogP contribution in [0.1, 0.15) is 27.2 Å². The van der Waals surface area contributed by atoms with Crippen LogP contribution in [0.5, 0.6) is 0 Å². The van der Waals surface area contributed by atoms with Crippen LogP contribution in [0.3, 0.4) is 0 Å². The van der Waals surface area contributed by atoms with Gasteiger partial charge >= 0.3 is 5.97 Å². The Bertz CT molecular complexity index is 1040. The Kier molecular flexibility index (Phi) is 4.29. The highest BCUT2D eigenvalue weighted by Crippen LogP contribution is 2.30. The maximum Gasteiger partial charge on any atom is 0.339 e. The van der Waals surface area contributed by atoms with E-state index in [9.17, 15) is 20.0 Å². The van der Waals surface area contributed by atoms with Gasteiger partial charge in [-0.15, -0.1) is 0 Å². The molecule has 0 radical (unpaired) electrons. The molecule has 7 nitrogen and oxygen atoms in total. The molecule has 0 unspecified atom stereocenters. The number of nitro groups is 1. The zero-order valence-corrected chi connectivity index (χ0v) is 14.6. The van der Waals surface area contributed by atoms with Crippen LogP contribution in [0.2, 0.25) is 0 Å². The third kappa shape index (κ3) is 2.95. The molecule has 0 bridgehead atoms. The molecule has 0 aliphatic carbocycles. The number of carboxylic acids is 1. The summed E-state index contributed by atoms with van der Waals surface area (Å²) in [5.41, 5.74) is 3.90. The number of carboxylic acid groups (broad SMARTS) is 1. The van der Waals surface area contributed by atoms with Crippen molar-refractivity contribution in [1.29, 1.82) is 0 Å². The van der Waals surface area contributed by atoms with Crippen molar-refractivity contribution < 1.29 is 14.8 Å². The zero-order valence-electron chi connectivity index (χ0n) is 14.6. The zero-order chi connectivity index (χ0) is 19.0. The molecular weight excluding hydrogens is 334 g/mol. The van der Waals surface area contributed by atoms with Gasteiger partial charge in [0.2, 0.25) is 0 Å². The minimum Gasteiger partial charge on any atom is -0.478 e. The van der Waals surface area contributed by atoms with Crippen LogP contribution < -0.4 is 0 Å². The van der Waals surface area contributed by atoms with Crippen molar-refractivity contribution in [1.82, 2.24) is 9.78 Å². The standard InChI is InChI=1S/C19H17N3O4/c1-11-7-8-15(9-12(11)2)21-13(3)17(19(23)24)18(20-21)14-5-4-6-16(10-14)22(25)26/h4-10H,1-3H3,(H,23,24). The molecule has 3 rings (SSSR count). The predicted octanol–water partition coefficient (Wildman–Crippen LogP) is 4.07. The van der Waals surface area contributed by atoms with E-state index >= 15 is 0 Å². The summed E-state index contributed by atoms with van der Waals surface area (Å²) in [4.78, 5) is 22.3. The Balaban J connectivity index is 2.23. The first kappa shape index (κ1) is 17.3. The lowest BCUT2D eigenvalue weighted by molar-refractivity contribution is -0.384. The van der Waals surface area contributed by atoms with Gasteiger partial charge in [-0.3, -0.25) is 10.1 Å². The fraction of sp³-hybridized carbons (Fsp3) is 0.158. The average molecular weight is 351 g/mol. The number of aryl methyl sites for hydroxylation is 2. The third-order valence-corrected chi connectivity index (χ3v) is 4.40. The van der Waals surface area contributed by atoms with Crippen LogP contribution in [0, 0.1) is 30.9 Å². The van der Waals surface area contributed by atoms with E-state index in [2.05, 4.69) is 5.10 Å². The Morgan fingerprint density at radius 2 is 1.85 bits per heavy atom. The lowest BCUT2D eigenvalue weighted by atomic mass is 10.1. The van der Waals surface area contributed by atoms with E-state index in [-0.39, 0.29) is 16.9 Å². The van der Waals surface area contributed by atoms with Gasteiger partial charge in [-0.2, -0.15) is 5.10 Å². The van der Waals surface area contributed by atoms with Crippen molar-refractivity contribution in [3.8, 4) is 16.9 Å². The van der Waals surface area contributed by atoms with E-state index in [1.165, 1.54) is 18.2 Å². The minimum atomic E-state index is -1.13. The SMILES string of the molecule is Cc1ccc(-n2nc(-c3cccc([N+](=O)[O-])c3)c(C(=O)O)c2C)cc1C. The summed E-state index contributed by atoms with van der Waals surface area (Å²) in [6.07, 6.45) is 0. The molecule has 2 aromatic carbocycles. The van der Waals surface area contributed by atoms with Crippen molar-refractivity contribution in [2.45, 2.75) is 20.8 Å². The first-order chi connectivity index (χ1) is 12.3. The Hall–Kier alpha value is -3.48. The number of hydrogen-bond donors (Lipinski definition) is 1. The number of non-ortho nitro benzene ring substituents is 1. The summed E-state index contributed by atoms with van der Waals surface area (Å²) in [5, 5.41) is 25.1. The van der Waals surface area contributed by atoms with Gasteiger partial charge < -0.3 is 5.11 Å². The lowest BCUT2D eigenvalue weighted by Gasteiger charge is -2.07. The second kappa shape index (κ2) is 6.44. The van der Waals surface area contributed by atoms with Crippen LogP contribution in [0.15, 0.2) is 42.5 Å². The van der Waals surface area contributed by atoms with Crippen LogP contribution >= 0.6 is 0 Å². The van der Waals surface area contributed by atoms with Crippen molar-refractivity contribution in [3.05, 3.63) is 75.0 Å². The van der Waals surface area contributed by atoms with E-state index in [4.69, 9.17) is 0 Å². The van der Waals surface area contributed by atoms with Crippen molar-refractivity contribution >= 4 is 11.7 Å². The largest absolute Gasteiger partial charge is 0.478 e. The summed E-state index contributed by atoms with van der Waals surface area (Å²) in [6.45, 7) is 5.63. The van der Waals surface area contributed by atoms with Crippen LogP contribution in [-0.2, 0) is 0 Å². The number of aromatic carboxylic acids is 1. The van der Waals surface area contributed by atoms with E-state index in [0.29, 0.717) is 11.3 Å². The summed E-state index contributed by atoms with van der Waals surface area (Å²) in [7, 11) is 0. The number of rotatable bonds is 4. The number of aromatic nitrogens is 2. The molecule has 0 atom stereocenters. The molecule has 0 amide bonds. The number of carbonyl (C=O) groups is 1. The molecule has 132 valence electrons. The lowest BCUT2D eigenvalue weighted by Crippen LogP contribution is -2.03. The van der Waals surface area contributed by atoms with Gasteiger partial charge in [0, 0.05) is 17.7 Å². The number of hydrogen-bond acceptors (Lipinski definition) is 4. The molecule has 1 N–H and O–H groups in total. The van der Waals surface area contributed by atoms with Crippen molar-refractivity contribution in [2.75, 3.05) is 0 Å². The fourth-order valence-electron chi connectivity index (χ4n) is 2.84. The summed E-state index contributed by atoms with van der Waals surface area (Å²) in [5.74, 6) is -1.13. The Morgan fingerprint density at radius 1 is 1.12 bits per heavy atom. The fourth-order valence-corrected chi connectivity index (χ4v) is 2.84. The Labute approximate surface area is 149 Å². The van der Waals surface area contributed by atoms with Gasteiger partial charge in [0.1, 0.15) is 11.3 Å². The van der Waals surface area contributed by atoms with Gasteiger partial charge in [-0.1, -0.05) is 18.2 Å².